The molecule has 1 aliphatic rings. The molecule has 0 radical (unpaired) electrons. The van der Waals surface area contributed by atoms with Gasteiger partial charge in [0.05, 0.1) is 42.4 Å². The maximum Gasteiger partial charge on any atom is 0.336 e. The smallest absolute Gasteiger partial charge is 0.336 e. The van der Waals surface area contributed by atoms with Crippen LogP contribution in [0.1, 0.15) is 35.7 Å². The topological polar surface area (TPSA) is 133 Å². The first-order valence-corrected chi connectivity index (χ1v) is 11.9. The molecule has 1 N–H and O–H groups in total. The third kappa shape index (κ3) is 5.79. The van der Waals surface area contributed by atoms with Gasteiger partial charge in [0.25, 0.3) is 11.6 Å². The molecular weight excluding hydrogens is 490 g/mol. The summed E-state index contributed by atoms with van der Waals surface area (Å²) in [5, 5.41) is 18.9. The van der Waals surface area contributed by atoms with E-state index < -0.39 is 16.8 Å². The number of carbonyl (C=O) groups is 1. The van der Waals surface area contributed by atoms with Crippen molar-refractivity contribution in [2.75, 3.05) is 27.9 Å². The Labute approximate surface area is 219 Å². The first-order valence-electron chi connectivity index (χ1n) is 11.9. The lowest BCUT2D eigenvalue weighted by Crippen LogP contribution is -2.31. The Morgan fingerprint density at radius 1 is 1.16 bits per heavy atom. The van der Waals surface area contributed by atoms with Crippen LogP contribution in [0, 0.1) is 10.1 Å². The van der Waals surface area contributed by atoms with Crippen molar-refractivity contribution in [1.82, 2.24) is 20.4 Å². The Balaban J connectivity index is 1.74. The van der Waals surface area contributed by atoms with Crippen LogP contribution in [0.15, 0.2) is 76.1 Å². The van der Waals surface area contributed by atoms with Crippen LogP contribution >= 0.6 is 0 Å². The van der Waals surface area contributed by atoms with Gasteiger partial charge in [-0.3, -0.25) is 15.0 Å². The van der Waals surface area contributed by atoms with Crippen LogP contribution in [0.25, 0.3) is 5.57 Å². The number of aromatic nitrogens is 2. The molecule has 1 aliphatic heterocycles. The summed E-state index contributed by atoms with van der Waals surface area (Å²) in [6.07, 6.45) is 0. The molecule has 4 rings (SSSR count). The lowest BCUT2D eigenvalue weighted by Gasteiger charge is -2.30. The van der Waals surface area contributed by atoms with Crippen molar-refractivity contribution >= 4 is 17.2 Å². The van der Waals surface area contributed by atoms with Crippen LogP contribution in [-0.4, -0.2) is 53.8 Å². The fourth-order valence-corrected chi connectivity index (χ4v) is 4.56. The van der Waals surface area contributed by atoms with Gasteiger partial charge in [0.15, 0.2) is 5.82 Å². The summed E-state index contributed by atoms with van der Waals surface area (Å²) in [4.78, 5) is 30.8. The maximum absolute atomic E-state index is 13.1. The van der Waals surface area contributed by atoms with Gasteiger partial charge in [0, 0.05) is 37.1 Å². The van der Waals surface area contributed by atoms with E-state index in [0.29, 0.717) is 41.4 Å². The highest BCUT2D eigenvalue weighted by molar-refractivity contribution is 5.97. The summed E-state index contributed by atoms with van der Waals surface area (Å²) in [5.41, 5.74) is 3.45. The van der Waals surface area contributed by atoms with Gasteiger partial charge in [-0.25, -0.2) is 4.79 Å². The Hall–Kier alpha value is -4.35. The zero-order valence-corrected chi connectivity index (χ0v) is 21.6. The molecule has 3 aromatic rings. The molecule has 0 saturated heterocycles. The molecule has 0 bridgehead atoms. The minimum atomic E-state index is -0.774. The fourth-order valence-electron chi connectivity index (χ4n) is 4.56. The number of nitrogens with zero attached hydrogens (tertiary/aromatic N) is 4. The van der Waals surface area contributed by atoms with Crippen LogP contribution in [0.4, 0.5) is 5.69 Å². The van der Waals surface area contributed by atoms with E-state index in [2.05, 4.69) is 20.4 Å². The second-order valence-electron chi connectivity index (χ2n) is 8.94. The predicted octanol–water partition coefficient (Wildman–Crippen LogP) is 3.80. The third-order valence-electron chi connectivity index (χ3n) is 6.16. The number of esters is 1. The Morgan fingerprint density at radius 3 is 2.61 bits per heavy atom. The molecule has 11 heteroatoms. The quantitative estimate of drug-likeness (QED) is 0.239. The molecule has 2 aromatic carbocycles. The number of carbonyl (C=O) groups excluding carboxylic acids is 1. The molecule has 38 heavy (non-hydrogen) atoms. The summed E-state index contributed by atoms with van der Waals surface area (Å²) in [7, 11) is 4.75. The van der Waals surface area contributed by atoms with E-state index in [1.54, 1.807) is 12.1 Å². The van der Waals surface area contributed by atoms with Gasteiger partial charge < -0.3 is 19.3 Å². The van der Waals surface area contributed by atoms with Gasteiger partial charge in [0.1, 0.15) is 0 Å². The average Bonchev–Trinajstić information content (AvgIpc) is 3.36. The molecule has 11 nitrogen and oxygen atoms in total. The summed E-state index contributed by atoms with van der Waals surface area (Å²) in [5.74, 6) is -0.715. The van der Waals surface area contributed by atoms with Crippen LogP contribution in [0.5, 0.6) is 0 Å². The van der Waals surface area contributed by atoms with Gasteiger partial charge in [-0.1, -0.05) is 47.6 Å². The number of hydrogen-bond donors (Lipinski definition) is 1. The zero-order valence-electron chi connectivity index (χ0n) is 21.6. The standard InChI is InChI=1S/C27H29N5O6/c1-17-23(26-29-22(30-38-26)15-31(2)14-18-9-6-5-7-10-18)24(19-11-8-12-20(13-19)32(34)35)25(27(33)37-4)21(28-17)16-36-3/h5-13,24,28H,14-16H2,1-4H3. The van der Waals surface area contributed by atoms with Crippen LogP contribution in [-0.2, 0) is 27.4 Å². The highest BCUT2D eigenvalue weighted by Gasteiger charge is 2.38. The normalized spacial score (nSPS) is 15.6. The highest BCUT2D eigenvalue weighted by atomic mass is 16.6. The van der Waals surface area contributed by atoms with Gasteiger partial charge in [-0.05, 0) is 25.1 Å². The Morgan fingerprint density at radius 2 is 1.92 bits per heavy atom. The number of non-ortho nitro benzene ring substituents is 1. The van der Waals surface area contributed by atoms with E-state index in [9.17, 15) is 14.9 Å². The van der Waals surface area contributed by atoms with Gasteiger partial charge in [-0.2, -0.15) is 4.98 Å². The summed E-state index contributed by atoms with van der Waals surface area (Å²) >= 11 is 0. The van der Waals surface area contributed by atoms with Crippen molar-refractivity contribution in [2.45, 2.75) is 25.9 Å². The molecule has 2 heterocycles. The fraction of sp³-hybridized carbons (Fsp3) is 0.296. The predicted molar refractivity (Wildman–Crippen MR) is 138 cm³/mol. The van der Waals surface area contributed by atoms with Crippen molar-refractivity contribution in [3.8, 4) is 0 Å². The van der Waals surface area contributed by atoms with E-state index in [1.807, 2.05) is 44.3 Å². The molecular formula is C27H29N5O6. The number of dihydropyridines is 1. The molecule has 0 fully saturated rings. The van der Waals surface area contributed by atoms with Gasteiger partial charge in [0.2, 0.25) is 0 Å². The van der Waals surface area contributed by atoms with E-state index in [0.717, 1.165) is 5.56 Å². The molecule has 0 amide bonds. The first-order chi connectivity index (χ1) is 18.3. The minimum absolute atomic E-state index is 0.0971. The van der Waals surface area contributed by atoms with E-state index in [-0.39, 0.29) is 23.8 Å². The lowest BCUT2D eigenvalue weighted by atomic mass is 9.80. The number of ether oxygens (including phenoxy) is 2. The molecule has 0 aliphatic carbocycles. The second-order valence-corrected chi connectivity index (χ2v) is 8.94. The number of methoxy groups -OCH3 is 2. The minimum Gasteiger partial charge on any atom is -0.466 e. The maximum atomic E-state index is 13.1. The van der Waals surface area contributed by atoms with Crippen molar-refractivity contribution in [3.05, 3.63) is 105 Å². The lowest BCUT2D eigenvalue weighted by molar-refractivity contribution is -0.384. The molecule has 0 spiro atoms. The van der Waals surface area contributed by atoms with E-state index in [1.165, 1.54) is 26.4 Å². The Bertz CT molecular complexity index is 1380. The number of allylic oxidation sites excluding steroid dienone is 2. The Kier molecular flexibility index (Phi) is 8.29. The van der Waals surface area contributed by atoms with Gasteiger partial charge >= 0.3 is 5.97 Å². The highest BCUT2D eigenvalue weighted by Crippen LogP contribution is 2.44. The monoisotopic (exact) mass is 519 g/mol. The van der Waals surface area contributed by atoms with Crippen LogP contribution in [0.3, 0.4) is 0 Å². The molecule has 1 aromatic heterocycles. The van der Waals surface area contributed by atoms with Gasteiger partial charge in [-0.15, -0.1) is 0 Å². The number of benzene rings is 2. The van der Waals surface area contributed by atoms with E-state index in [4.69, 9.17) is 14.0 Å². The number of hydrogen-bond acceptors (Lipinski definition) is 10. The van der Waals surface area contributed by atoms with Crippen LogP contribution < -0.4 is 5.32 Å². The molecule has 1 unspecified atom stereocenters. The average molecular weight is 520 g/mol. The largest absolute Gasteiger partial charge is 0.466 e. The zero-order chi connectivity index (χ0) is 27.2. The number of nitrogens with one attached hydrogen (secondary N) is 1. The van der Waals surface area contributed by atoms with Crippen molar-refractivity contribution in [1.29, 1.82) is 0 Å². The molecule has 0 saturated carbocycles. The van der Waals surface area contributed by atoms with Crippen LogP contribution in [0.2, 0.25) is 0 Å². The van der Waals surface area contributed by atoms with Crippen molar-refractivity contribution in [3.63, 3.8) is 0 Å². The first kappa shape index (κ1) is 26.7. The number of rotatable bonds is 10. The summed E-state index contributed by atoms with van der Waals surface area (Å²) < 4.78 is 16.1. The van der Waals surface area contributed by atoms with E-state index >= 15 is 0 Å². The SMILES string of the molecule is COCC1=C(C(=O)OC)C(c2cccc([N+](=O)[O-])c2)C(c2nc(CN(C)Cc3ccccc3)no2)=C(C)N1. The second kappa shape index (κ2) is 11.8. The third-order valence-corrected chi connectivity index (χ3v) is 6.16. The molecule has 198 valence electrons. The van der Waals surface area contributed by atoms with Crippen molar-refractivity contribution in [2.24, 2.45) is 0 Å². The number of nitro groups is 1. The molecule has 1 atom stereocenters. The summed E-state index contributed by atoms with van der Waals surface area (Å²) in [6.45, 7) is 3.03. The number of nitro benzene ring substituents is 1. The summed E-state index contributed by atoms with van der Waals surface area (Å²) in [6, 6.07) is 16.1. The van der Waals surface area contributed by atoms with Crippen molar-refractivity contribution < 1.29 is 23.7 Å².